The van der Waals surface area contributed by atoms with Crippen molar-refractivity contribution in [2.75, 3.05) is 31.1 Å². The summed E-state index contributed by atoms with van der Waals surface area (Å²) < 4.78 is 13.1. The van der Waals surface area contributed by atoms with Crippen LogP contribution in [-0.4, -0.2) is 43.0 Å². The summed E-state index contributed by atoms with van der Waals surface area (Å²) in [6, 6.07) is 15.1. The van der Waals surface area contributed by atoms with E-state index in [1.54, 1.807) is 0 Å². The van der Waals surface area contributed by atoms with E-state index < -0.39 is 0 Å². The average Bonchev–Trinajstić information content (AvgIpc) is 3.20. The third-order valence-corrected chi connectivity index (χ3v) is 5.77. The van der Waals surface area contributed by atoms with Crippen LogP contribution >= 0.6 is 0 Å². The first-order valence-corrected chi connectivity index (χ1v) is 10.6. The molecule has 5 heteroatoms. The fourth-order valence-corrected chi connectivity index (χ4v) is 3.88. The Morgan fingerprint density at radius 1 is 1.17 bits per heavy atom. The predicted molar refractivity (Wildman–Crippen MR) is 117 cm³/mol. The molecule has 2 aromatic rings. The Labute approximate surface area is 173 Å². The van der Waals surface area contributed by atoms with E-state index in [9.17, 15) is 9.18 Å². The smallest absolute Gasteiger partial charge is 0.251 e. The highest BCUT2D eigenvalue weighted by Gasteiger charge is 2.23. The van der Waals surface area contributed by atoms with E-state index >= 15 is 0 Å². The molecule has 1 aliphatic rings. The number of anilines is 1. The second-order valence-electron chi connectivity index (χ2n) is 8.14. The second-order valence-corrected chi connectivity index (χ2v) is 8.14. The lowest BCUT2D eigenvalue weighted by molar-refractivity contribution is 0.0948. The van der Waals surface area contributed by atoms with Gasteiger partial charge in [0.15, 0.2) is 0 Å². The lowest BCUT2D eigenvalue weighted by Gasteiger charge is -2.24. The lowest BCUT2D eigenvalue weighted by Crippen LogP contribution is -2.31. The Balaban J connectivity index is 1.47. The minimum absolute atomic E-state index is 0.0204. The molecule has 1 amide bonds. The molecule has 29 heavy (non-hydrogen) atoms. The van der Waals surface area contributed by atoms with Crippen molar-refractivity contribution in [2.24, 2.45) is 5.92 Å². The van der Waals surface area contributed by atoms with E-state index in [0.29, 0.717) is 24.1 Å². The predicted octanol–water partition coefficient (Wildman–Crippen LogP) is 4.31. The van der Waals surface area contributed by atoms with Crippen molar-refractivity contribution in [1.29, 1.82) is 0 Å². The van der Waals surface area contributed by atoms with E-state index in [4.69, 9.17) is 0 Å². The summed E-state index contributed by atoms with van der Waals surface area (Å²) in [6.07, 6.45) is 1.03. The molecule has 4 nitrogen and oxygen atoms in total. The molecular weight excluding hydrogens is 365 g/mol. The molecule has 1 atom stereocenters. The number of halogens is 1. The van der Waals surface area contributed by atoms with E-state index in [0.717, 1.165) is 38.3 Å². The summed E-state index contributed by atoms with van der Waals surface area (Å²) in [6.45, 7) is 11.0. The van der Waals surface area contributed by atoms with Crippen molar-refractivity contribution in [3.8, 4) is 0 Å². The molecule has 3 rings (SSSR count). The number of carbonyl (C=O) groups excluding carboxylic acids is 1. The van der Waals surface area contributed by atoms with E-state index in [-0.39, 0.29) is 11.7 Å². The van der Waals surface area contributed by atoms with Crippen LogP contribution < -0.4 is 10.2 Å². The monoisotopic (exact) mass is 397 g/mol. The number of rotatable bonds is 8. The molecule has 156 valence electrons. The van der Waals surface area contributed by atoms with Gasteiger partial charge >= 0.3 is 0 Å². The van der Waals surface area contributed by atoms with Crippen LogP contribution in [-0.2, 0) is 6.54 Å². The van der Waals surface area contributed by atoms with Crippen molar-refractivity contribution in [3.63, 3.8) is 0 Å². The van der Waals surface area contributed by atoms with Gasteiger partial charge in [0.2, 0.25) is 0 Å². The fraction of sp³-hybridized carbons (Fsp3) is 0.458. The standard InChI is InChI=1S/C24H32FN3O/c1-4-27(18(2)3)16-19-5-7-21(8-6-19)24(29)26-15-20-13-14-28(17-20)23-11-9-22(25)10-12-23/h5-12,18,20H,4,13-17H2,1-3H3,(H,26,29). The van der Waals surface area contributed by atoms with Gasteiger partial charge in [-0.15, -0.1) is 0 Å². The number of benzene rings is 2. The Kier molecular flexibility index (Phi) is 7.26. The van der Waals surface area contributed by atoms with Gasteiger partial charge in [-0.2, -0.15) is 0 Å². The molecule has 0 bridgehead atoms. The van der Waals surface area contributed by atoms with Crippen LogP contribution in [0.5, 0.6) is 0 Å². The molecule has 1 fully saturated rings. The molecule has 0 saturated carbocycles. The summed E-state index contributed by atoms with van der Waals surface area (Å²) in [5.41, 5.74) is 2.97. The summed E-state index contributed by atoms with van der Waals surface area (Å²) in [7, 11) is 0. The molecule has 0 aliphatic carbocycles. The number of nitrogens with zero attached hydrogens (tertiary/aromatic N) is 2. The third-order valence-electron chi connectivity index (χ3n) is 5.77. The van der Waals surface area contributed by atoms with Gasteiger partial charge in [-0.3, -0.25) is 9.69 Å². The number of carbonyl (C=O) groups is 1. The highest BCUT2D eigenvalue weighted by atomic mass is 19.1. The molecule has 1 saturated heterocycles. The normalized spacial score (nSPS) is 16.6. The maximum absolute atomic E-state index is 13.1. The van der Waals surface area contributed by atoms with Gasteiger partial charge in [0.25, 0.3) is 5.91 Å². The Bertz CT molecular complexity index is 789. The number of hydrogen-bond acceptors (Lipinski definition) is 3. The van der Waals surface area contributed by atoms with E-state index in [1.807, 2.05) is 36.4 Å². The van der Waals surface area contributed by atoms with Crippen molar-refractivity contribution in [3.05, 3.63) is 65.5 Å². The minimum atomic E-state index is -0.214. The number of hydrogen-bond donors (Lipinski definition) is 1. The summed E-state index contributed by atoms with van der Waals surface area (Å²) >= 11 is 0. The van der Waals surface area contributed by atoms with Crippen LogP contribution in [0.25, 0.3) is 0 Å². The first-order chi connectivity index (χ1) is 14.0. The molecular formula is C24H32FN3O. The Hall–Kier alpha value is -2.40. The van der Waals surface area contributed by atoms with Crippen molar-refractivity contribution < 1.29 is 9.18 Å². The minimum Gasteiger partial charge on any atom is -0.371 e. The fourth-order valence-electron chi connectivity index (χ4n) is 3.88. The summed E-state index contributed by atoms with van der Waals surface area (Å²) in [4.78, 5) is 17.2. The topological polar surface area (TPSA) is 35.6 Å². The summed E-state index contributed by atoms with van der Waals surface area (Å²) in [5, 5.41) is 3.08. The third kappa shape index (κ3) is 5.80. The van der Waals surface area contributed by atoms with Crippen molar-refractivity contribution in [2.45, 2.75) is 39.8 Å². The maximum atomic E-state index is 13.1. The zero-order chi connectivity index (χ0) is 20.8. The van der Waals surface area contributed by atoms with Crippen LogP contribution in [0, 0.1) is 11.7 Å². The van der Waals surface area contributed by atoms with Crippen LogP contribution in [0.1, 0.15) is 43.1 Å². The number of nitrogens with one attached hydrogen (secondary N) is 1. The van der Waals surface area contributed by atoms with Gasteiger partial charge < -0.3 is 10.2 Å². The van der Waals surface area contributed by atoms with E-state index in [2.05, 4.69) is 35.9 Å². The molecule has 1 aliphatic heterocycles. The van der Waals surface area contributed by atoms with Gasteiger partial charge in [-0.05, 0) is 74.7 Å². The molecule has 0 spiro atoms. The molecule has 0 radical (unpaired) electrons. The number of amides is 1. The van der Waals surface area contributed by atoms with Gasteiger partial charge in [0, 0.05) is 43.5 Å². The first kappa shape index (κ1) is 21.3. The summed E-state index contributed by atoms with van der Waals surface area (Å²) in [5.74, 6) is 0.176. The van der Waals surface area contributed by atoms with E-state index in [1.165, 1.54) is 17.7 Å². The molecule has 0 aromatic heterocycles. The average molecular weight is 398 g/mol. The van der Waals surface area contributed by atoms with Gasteiger partial charge in [-0.25, -0.2) is 4.39 Å². The quantitative estimate of drug-likeness (QED) is 0.721. The van der Waals surface area contributed by atoms with Crippen LogP contribution in [0.3, 0.4) is 0 Å². The van der Waals surface area contributed by atoms with Gasteiger partial charge in [-0.1, -0.05) is 19.1 Å². The molecule has 1 N–H and O–H groups in total. The second kappa shape index (κ2) is 9.88. The van der Waals surface area contributed by atoms with Crippen LogP contribution in [0.4, 0.5) is 10.1 Å². The van der Waals surface area contributed by atoms with Crippen LogP contribution in [0.15, 0.2) is 48.5 Å². The van der Waals surface area contributed by atoms with Crippen molar-refractivity contribution in [1.82, 2.24) is 10.2 Å². The highest BCUT2D eigenvalue weighted by molar-refractivity contribution is 5.94. The highest BCUT2D eigenvalue weighted by Crippen LogP contribution is 2.23. The van der Waals surface area contributed by atoms with Gasteiger partial charge in [0.1, 0.15) is 5.82 Å². The molecule has 1 heterocycles. The maximum Gasteiger partial charge on any atom is 0.251 e. The molecule has 2 aromatic carbocycles. The molecule has 1 unspecified atom stereocenters. The van der Waals surface area contributed by atoms with Crippen molar-refractivity contribution >= 4 is 11.6 Å². The van der Waals surface area contributed by atoms with Crippen LogP contribution in [0.2, 0.25) is 0 Å². The zero-order valence-electron chi connectivity index (χ0n) is 17.7. The first-order valence-electron chi connectivity index (χ1n) is 10.6. The largest absolute Gasteiger partial charge is 0.371 e. The Morgan fingerprint density at radius 3 is 2.48 bits per heavy atom. The Morgan fingerprint density at radius 2 is 1.86 bits per heavy atom. The van der Waals surface area contributed by atoms with Gasteiger partial charge in [0.05, 0.1) is 0 Å². The SMILES string of the molecule is CCN(Cc1ccc(C(=O)NCC2CCN(c3ccc(F)cc3)C2)cc1)C(C)C. The zero-order valence-corrected chi connectivity index (χ0v) is 17.7. The lowest BCUT2D eigenvalue weighted by atomic mass is 10.1.